The third-order valence-corrected chi connectivity index (χ3v) is 2.60. The van der Waals surface area contributed by atoms with Gasteiger partial charge in [-0.05, 0) is 38.4 Å². The van der Waals surface area contributed by atoms with Gasteiger partial charge in [0, 0.05) is 18.9 Å². The van der Waals surface area contributed by atoms with E-state index in [1.54, 1.807) is 6.26 Å². The van der Waals surface area contributed by atoms with Gasteiger partial charge in [-0.3, -0.25) is 0 Å². The molecule has 0 aliphatic heterocycles. The Balaban J connectivity index is 2.19. The quantitative estimate of drug-likeness (QED) is 0.547. The lowest BCUT2D eigenvalue weighted by Crippen LogP contribution is -2.25. The second kappa shape index (κ2) is 7.14. The third kappa shape index (κ3) is 4.71. The van der Waals surface area contributed by atoms with Crippen molar-refractivity contribution in [2.45, 2.75) is 38.1 Å². The Morgan fingerprint density at radius 3 is 3.00 bits per heavy atom. The summed E-state index contributed by atoms with van der Waals surface area (Å²) in [5, 5.41) is 3.31. The third-order valence-electron chi connectivity index (χ3n) is 2.60. The predicted octanol–water partition coefficient (Wildman–Crippen LogP) is 2.60. The number of aryl methyl sites for hydroxylation is 1. The maximum Gasteiger partial charge on any atom is 0.103 e. The summed E-state index contributed by atoms with van der Waals surface area (Å²) < 4.78 is 5.29. The molecule has 1 atom stereocenters. The Morgan fingerprint density at radius 2 is 2.40 bits per heavy atom. The van der Waals surface area contributed by atoms with E-state index in [1.165, 1.54) is 0 Å². The largest absolute Gasteiger partial charge is 0.469 e. The number of unbranched alkanes of at least 4 members (excludes halogenated alkanes) is 1. The molecule has 0 aliphatic rings. The Labute approximate surface area is 92.1 Å². The number of hydrogen-bond donors (Lipinski definition) is 1. The number of rotatable bonds is 7. The first-order valence-corrected chi connectivity index (χ1v) is 5.50. The summed E-state index contributed by atoms with van der Waals surface area (Å²) in [4.78, 5) is 0. The van der Waals surface area contributed by atoms with Crippen molar-refractivity contribution in [3.05, 3.63) is 24.2 Å². The molecule has 0 radical (unpaired) electrons. The van der Waals surface area contributed by atoms with Gasteiger partial charge in [0.25, 0.3) is 0 Å². The highest BCUT2D eigenvalue weighted by Crippen LogP contribution is 2.09. The van der Waals surface area contributed by atoms with Crippen molar-refractivity contribution in [2.75, 3.05) is 7.05 Å². The molecule has 2 nitrogen and oxygen atoms in total. The fraction of sp³-hybridized carbons (Fsp3) is 0.538. The topological polar surface area (TPSA) is 25.2 Å². The van der Waals surface area contributed by atoms with Crippen molar-refractivity contribution in [3.63, 3.8) is 0 Å². The zero-order valence-corrected chi connectivity index (χ0v) is 9.33. The van der Waals surface area contributed by atoms with Crippen molar-refractivity contribution >= 4 is 0 Å². The minimum Gasteiger partial charge on any atom is -0.469 e. The molecule has 1 aromatic heterocycles. The number of nitrogens with one attached hydrogen (secondary N) is 1. The molecule has 1 unspecified atom stereocenters. The first-order chi connectivity index (χ1) is 7.36. The van der Waals surface area contributed by atoms with Crippen LogP contribution in [0.5, 0.6) is 0 Å². The lowest BCUT2D eigenvalue weighted by molar-refractivity contribution is 0.440. The van der Waals surface area contributed by atoms with Crippen LogP contribution in [0.3, 0.4) is 0 Å². The normalized spacial score (nSPS) is 12.3. The zero-order valence-electron chi connectivity index (χ0n) is 9.33. The van der Waals surface area contributed by atoms with Gasteiger partial charge in [-0.1, -0.05) is 0 Å². The van der Waals surface area contributed by atoms with Crippen molar-refractivity contribution in [3.8, 4) is 12.3 Å². The summed E-state index contributed by atoms with van der Waals surface area (Å²) in [5.74, 6) is 3.73. The molecule has 0 fully saturated rings. The second-order valence-corrected chi connectivity index (χ2v) is 3.70. The molecule has 1 aromatic rings. The Morgan fingerprint density at radius 1 is 1.53 bits per heavy atom. The fourth-order valence-electron chi connectivity index (χ4n) is 1.65. The molecule has 0 amide bonds. The Bertz CT molecular complexity index is 284. The van der Waals surface area contributed by atoms with Gasteiger partial charge in [0.2, 0.25) is 0 Å². The molecule has 0 saturated carbocycles. The van der Waals surface area contributed by atoms with E-state index in [2.05, 4.69) is 11.2 Å². The molecule has 2 heteroatoms. The predicted molar refractivity (Wildman–Crippen MR) is 62.6 cm³/mol. The van der Waals surface area contributed by atoms with Crippen LogP contribution in [0.2, 0.25) is 0 Å². The van der Waals surface area contributed by atoms with Crippen LogP contribution in [0.25, 0.3) is 0 Å². The molecule has 1 N–H and O–H groups in total. The van der Waals surface area contributed by atoms with Crippen LogP contribution in [0, 0.1) is 12.3 Å². The van der Waals surface area contributed by atoms with E-state index < -0.39 is 0 Å². The number of terminal acetylenes is 1. The lowest BCUT2D eigenvalue weighted by Gasteiger charge is -2.14. The van der Waals surface area contributed by atoms with Gasteiger partial charge >= 0.3 is 0 Å². The monoisotopic (exact) mass is 205 g/mol. The molecule has 0 bridgehead atoms. The van der Waals surface area contributed by atoms with Gasteiger partial charge in [-0.15, -0.1) is 12.3 Å². The second-order valence-electron chi connectivity index (χ2n) is 3.70. The molecule has 0 aromatic carbocycles. The summed E-state index contributed by atoms with van der Waals surface area (Å²) in [6.07, 6.45) is 12.2. The summed E-state index contributed by atoms with van der Waals surface area (Å²) in [6, 6.07) is 4.50. The molecule has 82 valence electrons. The van der Waals surface area contributed by atoms with E-state index in [1.807, 2.05) is 19.2 Å². The Hall–Kier alpha value is -1.20. The van der Waals surface area contributed by atoms with E-state index in [0.29, 0.717) is 6.04 Å². The molecular weight excluding hydrogens is 186 g/mol. The average molecular weight is 205 g/mol. The molecule has 0 saturated heterocycles. The molecule has 0 spiro atoms. The van der Waals surface area contributed by atoms with E-state index in [9.17, 15) is 0 Å². The maximum atomic E-state index is 5.29. The molecule has 15 heavy (non-hydrogen) atoms. The van der Waals surface area contributed by atoms with Gasteiger partial charge in [0.1, 0.15) is 5.76 Å². The van der Waals surface area contributed by atoms with Crippen LogP contribution in [0.15, 0.2) is 22.8 Å². The zero-order chi connectivity index (χ0) is 10.9. The van der Waals surface area contributed by atoms with Crippen molar-refractivity contribution in [1.82, 2.24) is 5.32 Å². The minimum atomic E-state index is 0.545. The van der Waals surface area contributed by atoms with E-state index in [4.69, 9.17) is 10.8 Å². The molecule has 1 rings (SSSR count). The highest BCUT2D eigenvalue weighted by molar-refractivity contribution is 4.98. The summed E-state index contributed by atoms with van der Waals surface area (Å²) in [5.41, 5.74) is 0. The van der Waals surface area contributed by atoms with Crippen molar-refractivity contribution in [1.29, 1.82) is 0 Å². The van der Waals surface area contributed by atoms with Gasteiger partial charge in [-0.2, -0.15) is 0 Å². The van der Waals surface area contributed by atoms with E-state index in [0.717, 1.165) is 37.9 Å². The van der Waals surface area contributed by atoms with E-state index >= 15 is 0 Å². The summed E-state index contributed by atoms with van der Waals surface area (Å²) in [7, 11) is 2.00. The maximum absolute atomic E-state index is 5.29. The van der Waals surface area contributed by atoms with Crippen LogP contribution in [0.1, 0.15) is 31.4 Å². The molecule has 1 heterocycles. The van der Waals surface area contributed by atoms with Crippen LogP contribution in [-0.4, -0.2) is 13.1 Å². The molecular formula is C13H19NO. The van der Waals surface area contributed by atoms with Crippen LogP contribution in [-0.2, 0) is 6.42 Å². The van der Waals surface area contributed by atoms with E-state index in [-0.39, 0.29) is 0 Å². The number of hydrogen-bond acceptors (Lipinski definition) is 2. The fourth-order valence-corrected chi connectivity index (χ4v) is 1.65. The highest BCUT2D eigenvalue weighted by Gasteiger charge is 2.06. The Kier molecular flexibility index (Phi) is 5.65. The van der Waals surface area contributed by atoms with Gasteiger partial charge in [0.15, 0.2) is 0 Å². The minimum absolute atomic E-state index is 0.545. The molecule has 0 aliphatic carbocycles. The first kappa shape index (κ1) is 11.9. The van der Waals surface area contributed by atoms with Crippen LogP contribution < -0.4 is 5.32 Å². The smallest absolute Gasteiger partial charge is 0.103 e. The van der Waals surface area contributed by atoms with Gasteiger partial charge in [0.05, 0.1) is 6.26 Å². The highest BCUT2D eigenvalue weighted by atomic mass is 16.3. The summed E-state index contributed by atoms with van der Waals surface area (Å²) in [6.45, 7) is 0. The standard InChI is InChI=1S/C13H19NO/c1-3-4-5-7-12(14-2)9-10-13-8-6-11-15-13/h1,6,8,11-12,14H,4-5,7,9-10H2,2H3. The summed E-state index contributed by atoms with van der Waals surface area (Å²) >= 11 is 0. The lowest BCUT2D eigenvalue weighted by atomic mass is 10.0. The first-order valence-electron chi connectivity index (χ1n) is 5.50. The van der Waals surface area contributed by atoms with Crippen molar-refractivity contribution < 1.29 is 4.42 Å². The average Bonchev–Trinajstić information content (AvgIpc) is 2.76. The number of furan rings is 1. The van der Waals surface area contributed by atoms with Crippen molar-refractivity contribution in [2.24, 2.45) is 0 Å². The van der Waals surface area contributed by atoms with Gasteiger partial charge in [-0.25, -0.2) is 0 Å². The SMILES string of the molecule is C#CCCCC(CCc1ccco1)NC. The van der Waals surface area contributed by atoms with Crippen LogP contribution in [0.4, 0.5) is 0 Å². The van der Waals surface area contributed by atoms with Crippen LogP contribution >= 0.6 is 0 Å². The van der Waals surface area contributed by atoms with Gasteiger partial charge < -0.3 is 9.73 Å².